The van der Waals surface area contributed by atoms with Crippen molar-refractivity contribution in [1.29, 1.82) is 0 Å². The van der Waals surface area contributed by atoms with Crippen LogP contribution in [0.5, 0.6) is 0 Å². The van der Waals surface area contributed by atoms with Gasteiger partial charge in [0.05, 0.1) is 18.8 Å². The molecular weight excluding hydrogens is 306 g/mol. The Balaban J connectivity index is 1.85. The van der Waals surface area contributed by atoms with Gasteiger partial charge >= 0.3 is 0 Å². The lowest BCUT2D eigenvalue weighted by molar-refractivity contribution is -0.118. The zero-order chi connectivity index (χ0) is 17.5. The van der Waals surface area contributed by atoms with E-state index < -0.39 is 0 Å². The Morgan fingerprint density at radius 1 is 1.46 bits per heavy atom. The predicted molar refractivity (Wildman–Crippen MR) is 94.9 cm³/mol. The molecule has 0 saturated carbocycles. The molecule has 7 nitrogen and oxygen atoms in total. The molecule has 0 unspecified atom stereocenters. The molecule has 1 saturated heterocycles. The molecule has 2 rings (SSSR count). The van der Waals surface area contributed by atoms with Crippen molar-refractivity contribution in [1.82, 2.24) is 19.6 Å². The summed E-state index contributed by atoms with van der Waals surface area (Å²) in [6.07, 6.45) is 3.41. The van der Waals surface area contributed by atoms with Gasteiger partial charge in [-0.15, -0.1) is 0 Å². The summed E-state index contributed by atoms with van der Waals surface area (Å²) in [5, 5.41) is 16.8. The topological polar surface area (TPSA) is 73.6 Å². The van der Waals surface area contributed by atoms with Crippen LogP contribution >= 0.6 is 0 Å². The number of aromatic nitrogens is 2. The van der Waals surface area contributed by atoms with Gasteiger partial charge in [-0.25, -0.2) is 4.68 Å². The van der Waals surface area contributed by atoms with Crippen LogP contribution in [0.15, 0.2) is 12.3 Å². The van der Waals surface area contributed by atoms with E-state index in [1.807, 2.05) is 17.7 Å². The van der Waals surface area contributed by atoms with Crippen molar-refractivity contribution in [3.05, 3.63) is 12.3 Å². The number of anilines is 1. The van der Waals surface area contributed by atoms with E-state index in [4.69, 9.17) is 0 Å². The number of aliphatic hydroxyl groups excluding tert-OH is 1. The van der Waals surface area contributed by atoms with Crippen LogP contribution in [0.3, 0.4) is 0 Å². The van der Waals surface area contributed by atoms with E-state index in [0.29, 0.717) is 19.1 Å². The molecule has 2 atom stereocenters. The highest BCUT2D eigenvalue weighted by Gasteiger charge is 2.27. The maximum atomic E-state index is 12.3. The van der Waals surface area contributed by atoms with E-state index in [9.17, 15) is 9.90 Å². The number of hydrogen-bond donors (Lipinski definition) is 2. The molecule has 1 aromatic heterocycles. The molecule has 2 N–H and O–H groups in total. The molecule has 1 aliphatic rings. The molecule has 1 fully saturated rings. The van der Waals surface area contributed by atoms with Crippen LogP contribution in [0.25, 0.3) is 0 Å². The van der Waals surface area contributed by atoms with Gasteiger partial charge in [0.2, 0.25) is 5.91 Å². The molecule has 0 aliphatic carbocycles. The van der Waals surface area contributed by atoms with Crippen LogP contribution in [-0.4, -0.2) is 75.5 Å². The normalized spacial score (nSPS) is 20.9. The third kappa shape index (κ3) is 5.29. The van der Waals surface area contributed by atoms with Gasteiger partial charge in [-0.1, -0.05) is 13.8 Å². The second-order valence-corrected chi connectivity index (χ2v) is 6.63. The summed E-state index contributed by atoms with van der Waals surface area (Å²) in [6.45, 7) is 10.6. The highest BCUT2D eigenvalue weighted by atomic mass is 16.3. The van der Waals surface area contributed by atoms with Crippen molar-refractivity contribution in [3.63, 3.8) is 0 Å². The minimum atomic E-state index is -0.312. The first-order chi connectivity index (χ1) is 11.5. The lowest BCUT2D eigenvalue weighted by atomic mass is 10.1. The number of rotatable bonds is 8. The number of carbonyl (C=O) groups is 1. The number of hydrogen-bond acceptors (Lipinski definition) is 5. The number of amides is 1. The summed E-state index contributed by atoms with van der Waals surface area (Å²) >= 11 is 0. The first kappa shape index (κ1) is 18.9. The van der Waals surface area contributed by atoms with Gasteiger partial charge < -0.3 is 10.4 Å². The summed E-state index contributed by atoms with van der Waals surface area (Å²) in [5.41, 5.74) is 0. The predicted octanol–water partition coefficient (Wildman–Crippen LogP) is 1.01. The van der Waals surface area contributed by atoms with Crippen LogP contribution < -0.4 is 5.32 Å². The van der Waals surface area contributed by atoms with Crippen molar-refractivity contribution in [2.45, 2.75) is 52.3 Å². The quantitative estimate of drug-likeness (QED) is 0.741. The smallest absolute Gasteiger partial charge is 0.239 e. The average molecular weight is 337 g/mol. The average Bonchev–Trinajstić information content (AvgIpc) is 2.95. The fraction of sp³-hybridized carbons (Fsp3) is 0.765. The van der Waals surface area contributed by atoms with Crippen molar-refractivity contribution >= 4 is 11.7 Å². The Morgan fingerprint density at radius 3 is 2.92 bits per heavy atom. The highest BCUT2D eigenvalue weighted by Crippen LogP contribution is 2.14. The Bertz CT molecular complexity index is 517. The summed E-state index contributed by atoms with van der Waals surface area (Å²) in [5.74, 6) is 0.772. The molecule has 7 heteroatoms. The molecule has 0 aromatic carbocycles. The monoisotopic (exact) mass is 337 g/mol. The van der Waals surface area contributed by atoms with Gasteiger partial charge in [0.1, 0.15) is 5.82 Å². The maximum Gasteiger partial charge on any atom is 0.239 e. The minimum Gasteiger partial charge on any atom is -0.392 e. The molecule has 1 aromatic rings. The SMILES string of the molecule is CCCn1nccc1NC(=O)CN1CCN(C[C@@H](C)O)[C@H](CC)C1. The summed E-state index contributed by atoms with van der Waals surface area (Å²) in [4.78, 5) is 16.9. The summed E-state index contributed by atoms with van der Waals surface area (Å²) < 4.78 is 1.83. The lowest BCUT2D eigenvalue weighted by Crippen LogP contribution is -2.55. The molecule has 24 heavy (non-hydrogen) atoms. The number of nitrogens with zero attached hydrogens (tertiary/aromatic N) is 4. The Hall–Kier alpha value is -1.44. The van der Waals surface area contributed by atoms with E-state index in [1.165, 1.54) is 0 Å². The Kier molecular flexibility index (Phi) is 7.20. The highest BCUT2D eigenvalue weighted by molar-refractivity contribution is 5.91. The molecule has 2 heterocycles. The van der Waals surface area contributed by atoms with Crippen LogP contribution in [0.2, 0.25) is 0 Å². The van der Waals surface area contributed by atoms with Crippen molar-refractivity contribution in [2.24, 2.45) is 0 Å². The van der Waals surface area contributed by atoms with Crippen molar-refractivity contribution in [3.8, 4) is 0 Å². The van der Waals surface area contributed by atoms with Crippen molar-refractivity contribution in [2.75, 3.05) is 38.0 Å². The number of carbonyl (C=O) groups excluding carboxylic acids is 1. The van der Waals surface area contributed by atoms with Gasteiger partial charge in [0, 0.05) is 44.8 Å². The van der Waals surface area contributed by atoms with Gasteiger partial charge in [-0.3, -0.25) is 14.6 Å². The zero-order valence-corrected chi connectivity index (χ0v) is 15.1. The molecule has 1 aliphatic heterocycles. The van der Waals surface area contributed by atoms with Gasteiger partial charge in [0.15, 0.2) is 0 Å². The lowest BCUT2D eigenvalue weighted by Gasteiger charge is -2.41. The molecule has 1 amide bonds. The standard InChI is InChI=1S/C17H31N5O2/c1-4-8-22-16(6-7-18-22)19-17(24)13-20-9-10-21(11-14(3)23)15(5-2)12-20/h6-7,14-15,23H,4-5,8-13H2,1-3H3,(H,19,24)/t14-,15-/m1/s1. The van der Waals surface area contributed by atoms with Crippen molar-refractivity contribution < 1.29 is 9.90 Å². The zero-order valence-electron chi connectivity index (χ0n) is 15.1. The van der Waals surface area contributed by atoms with Gasteiger partial charge in [0.25, 0.3) is 0 Å². The van der Waals surface area contributed by atoms with Crippen LogP contribution in [-0.2, 0) is 11.3 Å². The van der Waals surface area contributed by atoms with E-state index in [-0.39, 0.29) is 12.0 Å². The first-order valence-corrected chi connectivity index (χ1v) is 8.99. The van der Waals surface area contributed by atoms with E-state index in [0.717, 1.165) is 44.8 Å². The van der Waals surface area contributed by atoms with Crippen LogP contribution in [0.4, 0.5) is 5.82 Å². The third-order valence-electron chi connectivity index (χ3n) is 4.45. The second-order valence-electron chi connectivity index (χ2n) is 6.63. The number of nitrogens with one attached hydrogen (secondary N) is 1. The number of aryl methyl sites for hydroxylation is 1. The van der Waals surface area contributed by atoms with Crippen LogP contribution in [0, 0.1) is 0 Å². The van der Waals surface area contributed by atoms with E-state index in [2.05, 4.69) is 34.1 Å². The van der Waals surface area contributed by atoms with E-state index in [1.54, 1.807) is 6.20 Å². The minimum absolute atomic E-state index is 0.00619. The van der Waals surface area contributed by atoms with Crippen LogP contribution in [0.1, 0.15) is 33.6 Å². The molecular formula is C17H31N5O2. The Morgan fingerprint density at radius 2 is 2.25 bits per heavy atom. The van der Waals surface area contributed by atoms with Gasteiger partial charge in [-0.2, -0.15) is 5.10 Å². The summed E-state index contributed by atoms with van der Waals surface area (Å²) in [6, 6.07) is 2.23. The first-order valence-electron chi connectivity index (χ1n) is 8.99. The number of piperazine rings is 1. The molecule has 0 spiro atoms. The second kappa shape index (κ2) is 9.15. The summed E-state index contributed by atoms with van der Waals surface area (Å²) in [7, 11) is 0. The number of aliphatic hydroxyl groups is 1. The fourth-order valence-corrected chi connectivity index (χ4v) is 3.28. The van der Waals surface area contributed by atoms with Gasteiger partial charge in [-0.05, 0) is 19.8 Å². The molecule has 0 bridgehead atoms. The molecule has 136 valence electrons. The maximum absolute atomic E-state index is 12.3. The van der Waals surface area contributed by atoms with E-state index >= 15 is 0 Å². The fourth-order valence-electron chi connectivity index (χ4n) is 3.28. The molecule has 0 radical (unpaired) electrons. The third-order valence-corrected chi connectivity index (χ3v) is 4.45. The largest absolute Gasteiger partial charge is 0.392 e. The number of β-amino-alcohol motifs (C(OH)–C–C–N with tert-alkyl or cyclic N) is 1. The Labute approximate surface area is 144 Å².